The van der Waals surface area contributed by atoms with Crippen molar-refractivity contribution in [2.45, 2.75) is 6.61 Å². The lowest BCUT2D eigenvalue weighted by Gasteiger charge is -2.20. The van der Waals surface area contributed by atoms with E-state index in [9.17, 15) is 0 Å². The first-order chi connectivity index (χ1) is 8.27. The fourth-order valence-electron chi connectivity index (χ4n) is 2.01. The summed E-state index contributed by atoms with van der Waals surface area (Å²) in [5.74, 6) is 1.50. The highest BCUT2D eigenvalue weighted by Gasteiger charge is 2.18. The fourth-order valence-corrected chi connectivity index (χ4v) is 2.01. The average Bonchev–Trinajstić information content (AvgIpc) is 2.69. The van der Waals surface area contributed by atoms with E-state index in [0.29, 0.717) is 19.2 Å². The second-order valence-electron chi connectivity index (χ2n) is 3.96. The van der Waals surface area contributed by atoms with E-state index in [1.807, 2.05) is 25.2 Å². The van der Waals surface area contributed by atoms with Crippen LogP contribution in [-0.4, -0.2) is 16.6 Å². The average molecular weight is 231 g/mol. The first-order valence-corrected chi connectivity index (χ1v) is 5.37. The molecule has 0 fully saturated rings. The molecule has 2 aromatic rings. The lowest BCUT2D eigenvalue weighted by Crippen LogP contribution is -2.12. The maximum Gasteiger partial charge on any atom is 0.189 e. The summed E-state index contributed by atoms with van der Waals surface area (Å²) < 4.78 is 12.4. The van der Waals surface area contributed by atoms with Crippen LogP contribution in [-0.2, 0) is 18.4 Å². The zero-order chi connectivity index (χ0) is 11.8. The summed E-state index contributed by atoms with van der Waals surface area (Å²) in [6.45, 7) is 0.846. The summed E-state index contributed by atoms with van der Waals surface area (Å²) in [4.78, 5) is 0. The van der Waals surface area contributed by atoms with Crippen LogP contribution in [0.2, 0.25) is 0 Å². The molecule has 0 unspecified atom stereocenters. The van der Waals surface area contributed by atoms with Gasteiger partial charge in [-0.05, 0) is 11.6 Å². The molecule has 2 heterocycles. The second kappa shape index (κ2) is 3.78. The van der Waals surface area contributed by atoms with Crippen molar-refractivity contribution < 1.29 is 9.47 Å². The minimum absolute atomic E-state index is 0.305. The highest BCUT2D eigenvalue weighted by Crippen LogP contribution is 2.35. The number of aryl methyl sites for hydroxylation is 1. The van der Waals surface area contributed by atoms with Crippen LogP contribution in [0.15, 0.2) is 24.4 Å². The Bertz CT molecular complexity index is 563. The Kier molecular flexibility index (Phi) is 2.26. The van der Waals surface area contributed by atoms with Gasteiger partial charge in [-0.2, -0.15) is 5.10 Å². The fraction of sp³-hybridized carbons (Fsp3) is 0.250. The molecule has 17 heavy (non-hydrogen) atoms. The summed E-state index contributed by atoms with van der Waals surface area (Å²) >= 11 is 0. The quantitative estimate of drug-likeness (QED) is 0.808. The Labute approximate surface area is 98.8 Å². The first-order valence-electron chi connectivity index (χ1n) is 5.37. The number of fused-ring (bicyclic) bond motifs is 1. The summed E-state index contributed by atoms with van der Waals surface area (Å²) in [5, 5.41) is 4.15. The molecule has 0 saturated carbocycles. The third-order valence-corrected chi connectivity index (χ3v) is 2.95. The van der Waals surface area contributed by atoms with Crippen molar-refractivity contribution in [3.8, 4) is 16.9 Å². The van der Waals surface area contributed by atoms with Crippen molar-refractivity contribution in [3.63, 3.8) is 0 Å². The third-order valence-electron chi connectivity index (χ3n) is 2.95. The smallest absolute Gasteiger partial charge is 0.189 e. The van der Waals surface area contributed by atoms with Crippen LogP contribution >= 0.6 is 0 Å². The number of rotatable bonds is 1. The van der Waals surface area contributed by atoms with Crippen LogP contribution < -0.4 is 10.5 Å². The molecule has 3 rings (SSSR count). The standard InChI is InChI=1S/C12H13N3O2/c1-15-12(13)9(5-14-15)8-3-2-4-11-10(8)6-16-7-17-11/h2-5H,6-7,13H2,1H3. The number of nitrogens with zero attached hydrogens (tertiary/aromatic N) is 2. The molecule has 88 valence electrons. The summed E-state index contributed by atoms with van der Waals surface area (Å²) in [6.07, 6.45) is 1.76. The van der Waals surface area contributed by atoms with Crippen LogP contribution in [0.25, 0.3) is 11.1 Å². The van der Waals surface area contributed by atoms with Gasteiger partial charge in [-0.3, -0.25) is 4.68 Å². The van der Waals surface area contributed by atoms with E-state index in [2.05, 4.69) is 5.10 Å². The van der Waals surface area contributed by atoms with Crippen LogP contribution in [0.3, 0.4) is 0 Å². The Morgan fingerprint density at radius 2 is 2.24 bits per heavy atom. The second-order valence-corrected chi connectivity index (χ2v) is 3.96. The predicted octanol–water partition coefficient (Wildman–Crippen LogP) is 1.54. The van der Waals surface area contributed by atoms with Gasteiger partial charge in [-0.15, -0.1) is 0 Å². The Hall–Kier alpha value is -2.01. The number of ether oxygens (including phenoxy) is 2. The molecule has 1 aliphatic rings. The zero-order valence-corrected chi connectivity index (χ0v) is 9.51. The van der Waals surface area contributed by atoms with Crippen LogP contribution in [0, 0.1) is 0 Å². The number of nitrogens with two attached hydrogens (primary N) is 1. The zero-order valence-electron chi connectivity index (χ0n) is 9.51. The van der Waals surface area contributed by atoms with E-state index >= 15 is 0 Å². The molecule has 1 aromatic heterocycles. The molecule has 0 bridgehead atoms. The number of nitrogen functional groups attached to an aromatic ring is 1. The van der Waals surface area contributed by atoms with Crippen molar-refractivity contribution in [2.24, 2.45) is 7.05 Å². The van der Waals surface area contributed by atoms with Gasteiger partial charge in [0.1, 0.15) is 11.6 Å². The van der Waals surface area contributed by atoms with Crippen LogP contribution in [0.5, 0.6) is 5.75 Å². The third kappa shape index (κ3) is 1.55. The molecule has 0 amide bonds. The Morgan fingerprint density at radius 3 is 3.00 bits per heavy atom. The van der Waals surface area contributed by atoms with E-state index in [-0.39, 0.29) is 0 Å². The molecule has 5 nitrogen and oxygen atoms in total. The van der Waals surface area contributed by atoms with Crippen molar-refractivity contribution >= 4 is 5.82 Å². The molecule has 1 aliphatic heterocycles. The van der Waals surface area contributed by atoms with Crippen molar-refractivity contribution in [2.75, 3.05) is 12.5 Å². The highest BCUT2D eigenvalue weighted by atomic mass is 16.7. The van der Waals surface area contributed by atoms with Gasteiger partial charge in [0.2, 0.25) is 0 Å². The first kappa shape index (κ1) is 10.2. The monoisotopic (exact) mass is 231 g/mol. The van der Waals surface area contributed by atoms with E-state index in [0.717, 1.165) is 22.4 Å². The number of aromatic nitrogens is 2. The van der Waals surface area contributed by atoms with Gasteiger partial charge < -0.3 is 15.2 Å². The minimum atomic E-state index is 0.305. The van der Waals surface area contributed by atoms with Crippen LogP contribution in [0.4, 0.5) is 5.82 Å². The van der Waals surface area contributed by atoms with Gasteiger partial charge in [0.15, 0.2) is 6.79 Å². The molecule has 0 spiro atoms. The molecule has 1 aromatic carbocycles. The summed E-state index contributed by atoms with van der Waals surface area (Å²) in [6, 6.07) is 5.89. The molecule has 0 aliphatic carbocycles. The van der Waals surface area contributed by atoms with Gasteiger partial charge in [0.05, 0.1) is 12.8 Å². The normalized spacial score (nSPS) is 14.2. The van der Waals surface area contributed by atoms with Gasteiger partial charge in [-0.25, -0.2) is 0 Å². The molecule has 0 saturated heterocycles. The molecule has 2 N–H and O–H groups in total. The topological polar surface area (TPSA) is 62.3 Å². The van der Waals surface area contributed by atoms with Gasteiger partial charge in [0.25, 0.3) is 0 Å². The van der Waals surface area contributed by atoms with E-state index in [1.54, 1.807) is 10.9 Å². The largest absolute Gasteiger partial charge is 0.467 e. The van der Waals surface area contributed by atoms with E-state index in [1.165, 1.54) is 0 Å². The minimum Gasteiger partial charge on any atom is -0.467 e. The van der Waals surface area contributed by atoms with E-state index in [4.69, 9.17) is 15.2 Å². The summed E-state index contributed by atoms with van der Waals surface area (Å²) in [7, 11) is 1.82. The maximum absolute atomic E-state index is 5.99. The molecule has 5 heteroatoms. The number of hydrogen-bond acceptors (Lipinski definition) is 4. The van der Waals surface area contributed by atoms with Crippen molar-refractivity contribution in [3.05, 3.63) is 30.0 Å². The maximum atomic E-state index is 5.99. The van der Waals surface area contributed by atoms with E-state index < -0.39 is 0 Å². The molecular formula is C12H13N3O2. The predicted molar refractivity (Wildman–Crippen MR) is 63.3 cm³/mol. The highest BCUT2D eigenvalue weighted by molar-refractivity contribution is 5.77. The van der Waals surface area contributed by atoms with Gasteiger partial charge >= 0.3 is 0 Å². The number of hydrogen-bond donors (Lipinski definition) is 1. The Morgan fingerprint density at radius 1 is 1.35 bits per heavy atom. The number of anilines is 1. The molecule has 0 radical (unpaired) electrons. The molecular weight excluding hydrogens is 218 g/mol. The van der Waals surface area contributed by atoms with Gasteiger partial charge in [-0.1, -0.05) is 12.1 Å². The lowest BCUT2D eigenvalue weighted by molar-refractivity contribution is -0.0160. The number of benzene rings is 1. The Balaban J connectivity index is 2.18. The van der Waals surface area contributed by atoms with Crippen LogP contribution in [0.1, 0.15) is 5.56 Å². The van der Waals surface area contributed by atoms with Crippen molar-refractivity contribution in [1.29, 1.82) is 0 Å². The summed E-state index contributed by atoms with van der Waals surface area (Å²) in [5.41, 5.74) is 8.95. The van der Waals surface area contributed by atoms with Gasteiger partial charge in [0, 0.05) is 18.2 Å². The van der Waals surface area contributed by atoms with Crippen molar-refractivity contribution in [1.82, 2.24) is 9.78 Å². The lowest BCUT2D eigenvalue weighted by atomic mass is 10.0. The SMILES string of the molecule is Cn1ncc(-c2cccc3c2COCO3)c1N. The molecule has 0 atom stereocenters.